The summed E-state index contributed by atoms with van der Waals surface area (Å²) < 4.78 is 5.12. The quantitative estimate of drug-likeness (QED) is 0.646. The highest BCUT2D eigenvalue weighted by atomic mass is 16.8. The monoisotopic (exact) mass is 328 g/mol. The van der Waals surface area contributed by atoms with E-state index in [1.54, 1.807) is 32.9 Å². The van der Waals surface area contributed by atoms with Gasteiger partial charge in [-0.3, -0.25) is 5.21 Å². The Labute approximate surface area is 140 Å². The van der Waals surface area contributed by atoms with E-state index in [2.05, 4.69) is 11.4 Å². The molecule has 24 heavy (non-hydrogen) atoms. The average molecular weight is 328 g/mol. The first-order valence-corrected chi connectivity index (χ1v) is 7.42. The van der Waals surface area contributed by atoms with E-state index in [-0.39, 0.29) is 17.5 Å². The number of carbonyl (C=O) groups excluding carboxylic acids is 1. The molecule has 0 aliphatic carbocycles. The molecule has 0 radical (unpaired) electrons. The van der Waals surface area contributed by atoms with Gasteiger partial charge < -0.3 is 20.5 Å². The summed E-state index contributed by atoms with van der Waals surface area (Å²) in [5, 5.41) is 32.6. The van der Waals surface area contributed by atoms with Gasteiger partial charge in [-0.1, -0.05) is 12.1 Å². The third kappa shape index (κ3) is 3.25. The van der Waals surface area contributed by atoms with E-state index in [0.29, 0.717) is 28.1 Å². The number of hydrogen-bond acceptors (Lipinski definition) is 7. The zero-order chi connectivity index (χ0) is 17.9. The first-order chi connectivity index (χ1) is 11.4. The van der Waals surface area contributed by atoms with Gasteiger partial charge in [0.25, 0.3) is 0 Å². The molecule has 0 aromatic heterocycles. The second-order valence-corrected chi connectivity index (χ2v) is 5.34. The number of nitrogens with zero attached hydrogens (tertiary/aromatic N) is 2. The maximum Gasteiger partial charge on any atom is 0.336 e. The minimum Gasteiger partial charge on any atom is -0.733 e. The number of benzene rings is 1. The Hall–Kier alpha value is -2.82. The third-order valence-electron chi connectivity index (χ3n) is 3.80. The topological polar surface area (TPSA) is 109 Å². The molecule has 0 saturated carbocycles. The maximum atomic E-state index is 12.4. The van der Waals surface area contributed by atoms with Crippen molar-refractivity contribution in [2.45, 2.75) is 26.7 Å². The molecule has 7 nitrogen and oxygen atoms in total. The molecule has 126 valence electrons. The van der Waals surface area contributed by atoms with Gasteiger partial charge in [-0.25, -0.2) is 4.79 Å². The predicted molar refractivity (Wildman–Crippen MR) is 87.6 cm³/mol. The lowest BCUT2D eigenvalue weighted by molar-refractivity contribution is -0.138. The lowest BCUT2D eigenvalue weighted by Crippen LogP contribution is -2.28. The number of anilines is 1. The molecule has 1 atom stereocenters. The van der Waals surface area contributed by atoms with Crippen LogP contribution in [-0.2, 0) is 9.53 Å². The highest BCUT2D eigenvalue weighted by molar-refractivity contribution is 5.93. The smallest absolute Gasteiger partial charge is 0.336 e. The molecule has 1 aliphatic rings. The normalized spacial score (nSPS) is 17.2. The molecule has 1 heterocycles. The Morgan fingerprint density at radius 1 is 1.46 bits per heavy atom. The molecular weight excluding hydrogens is 310 g/mol. The van der Waals surface area contributed by atoms with Crippen molar-refractivity contribution in [3.63, 3.8) is 0 Å². The summed E-state index contributed by atoms with van der Waals surface area (Å²) in [6.45, 7) is 5.38. The van der Waals surface area contributed by atoms with Crippen LogP contribution in [0, 0.1) is 16.5 Å². The second-order valence-electron chi connectivity index (χ2n) is 5.34. The zero-order valence-corrected chi connectivity index (χ0v) is 13.7. The Morgan fingerprint density at radius 3 is 2.75 bits per heavy atom. The van der Waals surface area contributed by atoms with Crippen LogP contribution in [0.3, 0.4) is 0 Å². The number of rotatable bonds is 4. The van der Waals surface area contributed by atoms with Crippen LogP contribution in [0.1, 0.15) is 32.3 Å². The fourth-order valence-corrected chi connectivity index (χ4v) is 2.78. The Bertz CT molecular complexity index is 759. The minimum absolute atomic E-state index is 0.0156. The number of nitriles is 1. The van der Waals surface area contributed by atoms with Crippen molar-refractivity contribution in [2.24, 2.45) is 0 Å². The summed E-state index contributed by atoms with van der Waals surface area (Å²) >= 11 is 0. The van der Waals surface area contributed by atoms with E-state index in [9.17, 15) is 15.3 Å². The van der Waals surface area contributed by atoms with Crippen molar-refractivity contribution in [2.75, 3.05) is 11.8 Å². The van der Waals surface area contributed by atoms with E-state index < -0.39 is 11.9 Å². The van der Waals surface area contributed by atoms with Gasteiger partial charge in [0.15, 0.2) is 0 Å². The van der Waals surface area contributed by atoms with Crippen LogP contribution in [0.15, 0.2) is 46.8 Å². The molecule has 0 fully saturated rings. The van der Waals surface area contributed by atoms with Crippen LogP contribution in [0.5, 0.6) is 0 Å². The Morgan fingerprint density at radius 2 is 2.17 bits per heavy atom. The summed E-state index contributed by atoms with van der Waals surface area (Å²) in [5.74, 6) is -1.20. The largest absolute Gasteiger partial charge is 0.733 e. The van der Waals surface area contributed by atoms with Crippen molar-refractivity contribution in [1.82, 2.24) is 5.32 Å². The van der Waals surface area contributed by atoms with Crippen LogP contribution in [0.2, 0.25) is 0 Å². The fourth-order valence-electron chi connectivity index (χ4n) is 2.78. The summed E-state index contributed by atoms with van der Waals surface area (Å²) in [6, 6.07) is 8.27. The van der Waals surface area contributed by atoms with Gasteiger partial charge in [0, 0.05) is 11.4 Å². The van der Waals surface area contributed by atoms with Crippen molar-refractivity contribution in [3.8, 4) is 6.07 Å². The molecule has 0 spiro atoms. The van der Waals surface area contributed by atoms with Crippen LogP contribution >= 0.6 is 0 Å². The molecular formula is C17H18N3O4-. The van der Waals surface area contributed by atoms with E-state index in [4.69, 9.17) is 9.94 Å². The van der Waals surface area contributed by atoms with Gasteiger partial charge >= 0.3 is 5.97 Å². The molecule has 1 aromatic rings. The van der Waals surface area contributed by atoms with E-state index in [1.165, 1.54) is 12.1 Å². The van der Waals surface area contributed by atoms with Gasteiger partial charge in [0.05, 0.1) is 35.4 Å². The summed E-state index contributed by atoms with van der Waals surface area (Å²) in [7, 11) is 0. The predicted octanol–water partition coefficient (Wildman–Crippen LogP) is 2.70. The van der Waals surface area contributed by atoms with Gasteiger partial charge in [-0.05, 0) is 38.5 Å². The lowest BCUT2D eigenvalue weighted by atomic mass is 9.81. The SMILES string of the molecule is CCOC(=O)C1=C(C)NC(C)=C(C#N)C1c1cccc(N([O-])O)c1. The van der Waals surface area contributed by atoms with E-state index in [1.807, 2.05) is 0 Å². The maximum absolute atomic E-state index is 12.4. The van der Waals surface area contributed by atoms with Crippen LogP contribution < -0.4 is 10.5 Å². The van der Waals surface area contributed by atoms with Crippen LogP contribution in [0.4, 0.5) is 5.69 Å². The average Bonchev–Trinajstić information content (AvgIpc) is 2.54. The van der Waals surface area contributed by atoms with Gasteiger partial charge in [0.2, 0.25) is 0 Å². The second kappa shape index (κ2) is 7.17. The fraction of sp³-hybridized carbons (Fsp3) is 0.294. The number of allylic oxidation sites excluding steroid dienone is 3. The van der Waals surface area contributed by atoms with Crippen molar-refractivity contribution in [3.05, 3.63) is 57.6 Å². The highest BCUT2D eigenvalue weighted by Gasteiger charge is 2.34. The van der Waals surface area contributed by atoms with Crippen molar-refractivity contribution < 1.29 is 14.7 Å². The van der Waals surface area contributed by atoms with Gasteiger partial charge in [-0.15, -0.1) is 0 Å². The van der Waals surface area contributed by atoms with Gasteiger partial charge in [0.1, 0.15) is 0 Å². The first kappa shape index (κ1) is 17.5. The number of ether oxygens (including phenoxy) is 1. The zero-order valence-electron chi connectivity index (χ0n) is 13.7. The van der Waals surface area contributed by atoms with E-state index in [0.717, 1.165) is 0 Å². The molecule has 1 aliphatic heterocycles. The van der Waals surface area contributed by atoms with Crippen LogP contribution in [0.25, 0.3) is 0 Å². The number of nitrogens with one attached hydrogen (secondary N) is 1. The lowest BCUT2D eigenvalue weighted by Gasteiger charge is -2.29. The van der Waals surface area contributed by atoms with Crippen molar-refractivity contribution in [1.29, 1.82) is 5.26 Å². The molecule has 0 bridgehead atoms. The molecule has 7 heteroatoms. The number of carbonyl (C=O) groups is 1. The number of hydrogen-bond donors (Lipinski definition) is 2. The highest BCUT2D eigenvalue weighted by Crippen LogP contribution is 2.39. The summed E-state index contributed by atoms with van der Waals surface area (Å²) in [6.07, 6.45) is 0. The molecule has 0 amide bonds. The Balaban J connectivity index is 2.62. The van der Waals surface area contributed by atoms with Crippen molar-refractivity contribution >= 4 is 11.7 Å². The molecule has 1 unspecified atom stereocenters. The Kier molecular flexibility index (Phi) is 5.24. The molecule has 0 saturated heterocycles. The standard InChI is InChI=1S/C17H18N3O4/c1-4-24-17(21)15-11(3)19-10(2)14(9-18)16(15)12-6-5-7-13(8-12)20(22)23/h5-8,16,19,22H,4H2,1-3H3/q-1. The number of dihydropyridines is 1. The minimum atomic E-state index is -0.671. The summed E-state index contributed by atoms with van der Waals surface area (Å²) in [5.41, 5.74) is 2.44. The third-order valence-corrected chi connectivity index (χ3v) is 3.80. The van der Waals surface area contributed by atoms with Gasteiger partial charge in [-0.2, -0.15) is 5.26 Å². The van der Waals surface area contributed by atoms with E-state index >= 15 is 0 Å². The first-order valence-electron chi connectivity index (χ1n) is 7.42. The molecule has 2 rings (SSSR count). The molecule has 2 N–H and O–H groups in total. The van der Waals surface area contributed by atoms with Crippen LogP contribution in [-0.4, -0.2) is 17.8 Å². The molecule has 1 aromatic carbocycles. The number of esters is 1. The summed E-state index contributed by atoms with van der Waals surface area (Å²) in [4.78, 5) is 12.4.